The van der Waals surface area contributed by atoms with Gasteiger partial charge < -0.3 is 31.9 Å². The summed E-state index contributed by atoms with van der Waals surface area (Å²) in [5.74, 6) is 0. The predicted octanol–water partition coefficient (Wildman–Crippen LogP) is 8.42. The van der Waals surface area contributed by atoms with Gasteiger partial charge >= 0.3 is 17.1 Å². The van der Waals surface area contributed by atoms with Crippen molar-refractivity contribution in [2.45, 2.75) is 127 Å². The van der Waals surface area contributed by atoms with Crippen molar-refractivity contribution in [3.05, 3.63) is 55.8 Å². The molecule has 5 fully saturated rings. The zero-order valence-electron chi connectivity index (χ0n) is 23.0. The van der Waals surface area contributed by atoms with E-state index >= 15 is 0 Å². The van der Waals surface area contributed by atoms with Crippen LogP contribution >= 0.6 is 0 Å². The number of hydrogen-bond donors (Lipinski definition) is 0. The molecule has 7 heteroatoms. The van der Waals surface area contributed by atoms with Gasteiger partial charge in [-0.25, -0.2) is 0 Å². The van der Waals surface area contributed by atoms with Gasteiger partial charge in [0, 0.05) is 0 Å². The van der Waals surface area contributed by atoms with E-state index in [9.17, 15) is 0 Å². The maximum Gasteiger partial charge on any atom is 6.00 e. The van der Waals surface area contributed by atoms with E-state index in [1.807, 2.05) is 0 Å². The largest absolute Gasteiger partial charge is 6.00 e. The first-order valence-electron chi connectivity index (χ1n) is 15.3. The Kier molecular flexibility index (Phi) is 15.8. The Morgan fingerprint density at radius 1 is 0.486 bits per heavy atom. The molecule has 6 aliphatic rings. The Labute approximate surface area is 238 Å². The van der Waals surface area contributed by atoms with E-state index in [1.54, 1.807) is 0 Å². The van der Waals surface area contributed by atoms with E-state index in [4.69, 9.17) is 0 Å². The van der Waals surface area contributed by atoms with E-state index < -0.39 is 0 Å². The summed E-state index contributed by atoms with van der Waals surface area (Å²) < 4.78 is 0. The van der Waals surface area contributed by atoms with Gasteiger partial charge in [0.1, 0.15) is 0 Å². The summed E-state index contributed by atoms with van der Waals surface area (Å²) in [6.45, 7) is 6.25. The van der Waals surface area contributed by atoms with Crippen LogP contribution in [0, 0.1) is 0 Å². The SMILES string of the molecule is C1=CC[N-]C(C2CCCC[N-]2)=C1.C1CCC(C2CCCC[N-]2)[N-]C1.C1CCC(C2CCCC[N-]2)[N-]C1.[Fe+6]. The molecule has 6 aliphatic heterocycles. The molecule has 0 aromatic heterocycles. The Morgan fingerprint density at radius 2 is 0.892 bits per heavy atom. The second kappa shape index (κ2) is 18.8. The van der Waals surface area contributed by atoms with Crippen molar-refractivity contribution in [3.63, 3.8) is 0 Å². The molecule has 208 valence electrons. The zero-order chi connectivity index (χ0) is 24.7. The zero-order valence-corrected chi connectivity index (χ0v) is 24.1. The van der Waals surface area contributed by atoms with Gasteiger partial charge in [-0.1, -0.05) is 108 Å². The van der Waals surface area contributed by atoms with Crippen LogP contribution in [0.1, 0.15) is 96.3 Å². The Hall–Kier alpha value is -0.401. The first-order valence-corrected chi connectivity index (χ1v) is 15.3. The molecule has 0 aromatic rings. The van der Waals surface area contributed by atoms with Gasteiger partial charge in [-0.15, -0.1) is 51.4 Å². The summed E-state index contributed by atoms with van der Waals surface area (Å²) >= 11 is 0. The van der Waals surface area contributed by atoms with Gasteiger partial charge in [0.15, 0.2) is 0 Å². The van der Waals surface area contributed by atoms with Crippen molar-refractivity contribution in [1.82, 2.24) is 0 Å². The van der Waals surface area contributed by atoms with Crippen LogP contribution in [0.5, 0.6) is 0 Å². The van der Waals surface area contributed by atoms with Gasteiger partial charge in [0.05, 0.1) is 0 Å². The number of piperidine rings is 5. The average Bonchev–Trinajstić information content (AvgIpc) is 3.01. The van der Waals surface area contributed by atoms with Crippen LogP contribution in [-0.2, 0) is 17.1 Å². The second-order valence-corrected chi connectivity index (χ2v) is 11.2. The van der Waals surface area contributed by atoms with Crippen molar-refractivity contribution >= 4 is 0 Å². The molecule has 0 radical (unpaired) electrons. The number of allylic oxidation sites excluding steroid dienone is 2. The summed E-state index contributed by atoms with van der Waals surface area (Å²) in [5, 5.41) is 27.6. The van der Waals surface area contributed by atoms with Crippen LogP contribution in [0.15, 0.2) is 23.9 Å². The van der Waals surface area contributed by atoms with Gasteiger partial charge in [-0.2, -0.15) is 29.9 Å². The Morgan fingerprint density at radius 3 is 1.19 bits per heavy atom. The minimum atomic E-state index is 0. The van der Waals surface area contributed by atoms with E-state index in [0.29, 0.717) is 30.2 Å². The molecule has 0 spiro atoms. The summed E-state index contributed by atoms with van der Waals surface area (Å²) in [7, 11) is 0. The first-order chi connectivity index (χ1) is 17.9. The van der Waals surface area contributed by atoms with Gasteiger partial charge in [-0.05, 0) is 0 Å². The van der Waals surface area contributed by atoms with Gasteiger partial charge in [0.2, 0.25) is 0 Å². The minimum Gasteiger partial charge on any atom is -0.686 e. The summed E-state index contributed by atoms with van der Waals surface area (Å²) in [5.41, 5.74) is 1.19. The molecular formula is C30H50FeN6. The van der Waals surface area contributed by atoms with E-state index in [-0.39, 0.29) is 17.1 Å². The normalized spacial score (nSPS) is 34.2. The first kappa shape index (κ1) is 31.1. The maximum atomic E-state index is 4.66. The minimum absolute atomic E-state index is 0. The smallest absolute Gasteiger partial charge is 0.686 e. The monoisotopic (exact) mass is 550 g/mol. The van der Waals surface area contributed by atoms with Crippen LogP contribution in [0.3, 0.4) is 0 Å². The van der Waals surface area contributed by atoms with Crippen molar-refractivity contribution in [2.75, 3.05) is 39.3 Å². The van der Waals surface area contributed by atoms with Crippen molar-refractivity contribution in [1.29, 1.82) is 0 Å². The van der Waals surface area contributed by atoms with Crippen LogP contribution in [-0.4, -0.2) is 69.5 Å². The molecule has 0 amide bonds. The van der Waals surface area contributed by atoms with E-state index in [2.05, 4.69) is 50.1 Å². The van der Waals surface area contributed by atoms with Crippen LogP contribution in [0.4, 0.5) is 0 Å². The predicted molar refractivity (Wildman–Crippen MR) is 155 cm³/mol. The molecular weight excluding hydrogens is 500 g/mol. The van der Waals surface area contributed by atoms with Crippen molar-refractivity contribution < 1.29 is 17.1 Å². The molecule has 5 unspecified atom stereocenters. The maximum absolute atomic E-state index is 4.66. The van der Waals surface area contributed by atoms with E-state index in [1.165, 1.54) is 102 Å². The summed E-state index contributed by atoms with van der Waals surface area (Å²) in [4.78, 5) is 0. The Bertz CT molecular complexity index is 562. The fourth-order valence-electron chi connectivity index (χ4n) is 6.20. The summed E-state index contributed by atoms with van der Waals surface area (Å²) in [6.07, 6.45) is 26.0. The topological polar surface area (TPSA) is 84.6 Å². The summed E-state index contributed by atoms with van der Waals surface area (Å²) in [6, 6.07) is 2.79. The number of nitrogens with zero attached hydrogens (tertiary/aromatic N) is 6. The standard InChI is InChI=1S/2C10H18N2.C10H14N2.Fe/c3*1-3-7-11-9(5-1)10-6-2-4-8-12-10;/h2*9-10H,1-8H2;1,3,5,10H,2,4,6-8H2;/q3*-2;+6. The van der Waals surface area contributed by atoms with Crippen molar-refractivity contribution in [3.8, 4) is 0 Å². The average molecular weight is 551 g/mol. The molecule has 0 aromatic carbocycles. The third-order valence-electron chi connectivity index (χ3n) is 8.33. The number of hydrogen-bond acceptors (Lipinski definition) is 0. The molecule has 37 heavy (non-hydrogen) atoms. The van der Waals surface area contributed by atoms with Crippen molar-refractivity contribution in [2.24, 2.45) is 0 Å². The third-order valence-corrected chi connectivity index (χ3v) is 8.33. The molecule has 0 bridgehead atoms. The molecule has 6 rings (SSSR count). The Balaban J connectivity index is 0.000000152. The fraction of sp³-hybridized carbons (Fsp3) is 0.867. The molecule has 6 nitrogen and oxygen atoms in total. The molecule has 0 saturated carbocycles. The molecule has 0 aliphatic carbocycles. The van der Waals surface area contributed by atoms with E-state index in [0.717, 1.165) is 39.3 Å². The quantitative estimate of drug-likeness (QED) is 0.316. The van der Waals surface area contributed by atoms with Crippen LogP contribution < -0.4 is 0 Å². The van der Waals surface area contributed by atoms with Gasteiger partial charge in [0.25, 0.3) is 0 Å². The molecule has 0 N–H and O–H groups in total. The third kappa shape index (κ3) is 11.3. The van der Waals surface area contributed by atoms with Gasteiger partial charge in [-0.3, -0.25) is 0 Å². The van der Waals surface area contributed by atoms with Crippen LogP contribution in [0.2, 0.25) is 0 Å². The fourth-order valence-corrected chi connectivity index (χ4v) is 6.20. The molecule has 5 saturated heterocycles. The molecule has 6 heterocycles. The van der Waals surface area contributed by atoms with Crippen LogP contribution in [0.25, 0.3) is 31.9 Å². The second-order valence-electron chi connectivity index (χ2n) is 11.2. The molecule has 5 atom stereocenters. The number of rotatable bonds is 3.